The van der Waals surface area contributed by atoms with E-state index in [4.69, 9.17) is 0 Å². The van der Waals surface area contributed by atoms with Crippen molar-refractivity contribution in [2.24, 2.45) is 0 Å². The molecule has 4 rings (SSSR count). The number of imide groups is 1. The van der Waals surface area contributed by atoms with Gasteiger partial charge >= 0.3 is 0 Å². The SMILES string of the molecule is CCc1ccccc1NC1=C(Sc2ccc(C)cc2)C(=O)N(c2ccc(C)cc2C)C1=O. The number of benzene rings is 3. The summed E-state index contributed by atoms with van der Waals surface area (Å²) in [6, 6.07) is 21.6. The Kier molecular flexibility index (Phi) is 6.19. The molecule has 1 heterocycles. The topological polar surface area (TPSA) is 49.4 Å². The van der Waals surface area contributed by atoms with Gasteiger partial charge in [0.2, 0.25) is 0 Å². The standard InChI is InChI=1S/C27H26N2O2S/c1-5-20-8-6-7-9-22(20)28-24-25(32-21-13-10-17(2)11-14-21)27(31)29(26(24)30)23-15-12-18(3)16-19(23)4/h6-16,28H,5H2,1-4H3. The molecular weight excluding hydrogens is 416 g/mol. The summed E-state index contributed by atoms with van der Waals surface area (Å²) in [7, 11) is 0. The number of amides is 2. The van der Waals surface area contributed by atoms with Gasteiger partial charge < -0.3 is 5.32 Å². The van der Waals surface area contributed by atoms with Gasteiger partial charge in [-0.2, -0.15) is 0 Å². The molecule has 0 atom stereocenters. The number of rotatable bonds is 6. The average Bonchev–Trinajstić information content (AvgIpc) is 3.00. The van der Waals surface area contributed by atoms with E-state index < -0.39 is 0 Å². The zero-order valence-electron chi connectivity index (χ0n) is 18.7. The summed E-state index contributed by atoms with van der Waals surface area (Å²) < 4.78 is 0. The maximum Gasteiger partial charge on any atom is 0.283 e. The third kappa shape index (κ3) is 4.21. The van der Waals surface area contributed by atoms with Gasteiger partial charge in [-0.05, 0) is 62.6 Å². The Bertz CT molecular complexity index is 1230. The highest BCUT2D eigenvalue weighted by Crippen LogP contribution is 2.39. The second kappa shape index (κ2) is 9.05. The molecule has 1 N–H and O–H groups in total. The van der Waals surface area contributed by atoms with Crippen LogP contribution in [-0.4, -0.2) is 11.8 Å². The number of carbonyl (C=O) groups excluding carboxylic acids is 2. The fourth-order valence-corrected chi connectivity index (χ4v) is 4.73. The third-order valence-electron chi connectivity index (χ3n) is 5.53. The van der Waals surface area contributed by atoms with E-state index in [0.29, 0.717) is 16.3 Å². The molecule has 1 aliphatic heterocycles. The summed E-state index contributed by atoms with van der Waals surface area (Å²) in [5.74, 6) is -0.633. The molecule has 5 heteroatoms. The number of para-hydroxylation sites is 1. The van der Waals surface area contributed by atoms with Crippen LogP contribution in [0.25, 0.3) is 0 Å². The van der Waals surface area contributed by atoms with Gasteiger partial charge in [-0.15, -0.1) is 0 Å². The number of anilines is 2. The van der Waals surface area contributed by atoms with Crippen molar-refractivity contribution in [2.75, 3.05) is 10.2 Å². The quantitative estimate of drug-likeness (QED) is 0.464. The predicted molar refractivity (Wildman–Crippen MR) is 132 cm³/mol. The molecule has 1 aliphatic rings. The lowest BCUT2D eigenvalue weighted by Gasteiger charge is -2.18. The van der Waals surface area contributed by atoms with Crippen molar-refractivity contribution in [3.05, 3.63) is 99.6 Å². The molecule has 3 aromatic carbocycles. The first-order chi connectivity index (χ1) is 15.4. The van der Waals surface area contributed by atoms with Crippen LogP contribution in [0.4, 0.5) is 11.4 Å². The third-order valence-corrected chi connectivity index (χ3v) is 6.62. The van der Waals surface area contributed by atoms with Crippen molar-refractivity contribution >= 4 is 35.0 Å². The van der Waals surface area contributed by atoms with Crippen molar-refractivity contribution in [1.29, 1.82) is 0 Å². The normalized spacial score (nSPS) is 13.8. The first kappa shape index (κ1) is 21.9. The second-order valence-electron chi connectivity index (χ2n) is 7.99. The highest BCUT2D eigenvalue weighted by atomic mass is 32.2. The molecule has 0 saturated heterocycles. The molecule has 0 fully saturated rings. The molecule has 2 amide bonds. The number of carbonyl (C=O) groups is 2. The summed E-state index contributed by atoms with van der Waals surface area (Å²) in [4.78, 5) is 29.8. The van der Waals surface area contributed by atoms with Crippen molar-refractivity contribution in [2.45, 2.75) is 39.0 Å². The minimum atomic E-state index is -0.331. The lowest BCUT2D eigenvalue weighted by atomic mass is 10.1. The Morgan fingerprint density at radius 1 is 0.844 bits per heavy atom. The Labute approximate surface area is 193 Å². The molecule has 0 unspecified atom stereocenters. The van der Waals surface area contributed by atoms with E-state index in [0.717, 1.165) is 39.3 Å². The molecule has 0 bridgehead atoms. The lowest BCUT2D eigenvalue weighted by molar-refractivity contribution is -0.120. The fraction of sp³-hybridized carbons (Fsp3) is 0.185. The molecule has 0 spiro atoms. The molecule has 0 saturated carbocycles. The molecule has 0 aromatic heterocycles. The number of nitrogens with one attached hydrogen (secondary N) is 1. The van der Waals surface area contributed by atoms with Crippen LogP contribution in [0.3, 0.4) is 0 Å². The fourth-order valence-electron chi connectivity index (χ4n) is 3.80. The first-order valence-corrected chi connectivity index (χ1v) is 11.5. The number of hydrogen-bond acceptors (Lipinski definition) is 4. The van der Waals surface area contributed by atoms with Crippen LogP contribution in [0.15, 0.2) is 82.2 Å². The Hall–Kier alpha value is -3.31. The van der Waals surface area contributed by atoms with Gasteiger partial charge in [-0.1, -0.05) is 72.3 Å². The summed E-state index contributed by atoms with van der Waals surface area (Å²) >= 11 is 1.33. The number of hydrogen-bond donors (Lipinski definition) is 1. The maximum atomic E-state index is 13.6. The summed E-state index contributed by atoms with van der Waals surface area (Å²) in [6.07, 6.45) is 0.819. The van der Waals surface area contributed by atoms with E-state index in [1.165, 1.54) is 16.7 Å². The van der Waals surface area contributed by atoms with E-state index in [1.807, 2.05) is 87.5 Å². The highest BCUT2D eigenvalue weighted by molar-refractivity contribution is 8.04. The van der Waals surface area contributed by atoms with E-state index in [2.05, 4.69) is 12.2 Å². The van der Waals surface area contributed by atoms with Crippen molar-refractivity contribution in [1.82, 2.24) is 0 Å². The zero-order valence-corrected chi connectivity index (χ0v) is 19.5. The van der Waals surface area contributed by atoms with Gasteiger partial charge in [0.15, 0.2) is 0 Å². The van der Waals surface area contributed by atoms with Crippen LogP contribution in [-0.2, 0) is 16.0 Å². The smallest absolute Gasteiger partial charge is 0.283 e. The van der Waals surface area contributed by atoms with E-state index in [1.54, 1.807) is 0 Å². The Balaban J connectivity index is 1.78. The van der Waals surface area contributed by atoms with Crippen LogP contribution >= 0.6 is 11.8 Å². The largest absolute Gasteiger partial charge is 0.350 e. The number of aryl methyl sites for hydroxylation is 4. The average molecular weight is 443 g/mol. The molecule has 162 valence electrons. The second-order valence-corrected chi connectivity index (χ2v) is 9.07. The Morgan fingerprint density at radius 2 is 1.53 bits per heavy atom. The Morgan fingerprint density at radius 3 is 2.22 bits per heavy atom. The lowest BCUT2D eigenvalue weighted by Crippen LogP contribution is -2.33. The molecule has 0 radical (unpaired) electrons. The van der Waals surface area contributed by atoms with E-state index in [9.17, 15) is 9.59 Å². The van der Waals surface area contributed by atoms with Crippen LogP contribution in [0.1, 0.15) is 29.2 Å². The minimum absolute atomic E-state index is 0.302. The van der Waals surface area contributed by atoms with Crippen LogP contribution in [0.5, 0.6) is 0 Å². The van der Waals surface area contributed by atoms with E-state index in [-0.39, 0.29) is 11.8 Å². The van der Waals surface area contributed by atoms with Gasteiger partial charge in [0.05, 0.1) is 5.69 Å². The van der Waals surface area contributed by atoms with Gasteiger partial charge in [-0.25, -0.2) is 4.90 Å². The molecule has 0 aliphatic carbocycles. The summed E-state index contributed by atoms with van der Waals surface area (Å²) in [6.45, 7) is 8.01. The zero-order chi connectivity index (χ0) is 22.8. The molecule has 4 nitrogen and oxygen atoms in total. The van der Waals surface area contributed by atoms with Gasteiger partial charge in [0, 0.05) is 10.6 Å². The molecule has 3 aromatic rings. The van der Waals surface area contributed by atoms with Gasteiger partial charge in [0.1, 0.15) is 10.6 Å². The van der Waals surface area contributed by atoms with Crippen LogP contribution in [0.2, 0.25) is 0 Å². The van der Waals surface area contributed by atoms with Gasteiger partial charge in [-0.3, -0.25) is 9.59 Å². The maximum absolute atomic E-state index is 13.6. The molecule has 32 heavy (non-hydrogen) atoms. The summed E-state index contributed by atoms with van der Waals surface area (Å²) in [5.41, 5.74) is 5.99. The summed E-state index contributed by atoms with van der Waals surface area (Å²) in [5, 5.41) is 3.30. The highest BCUT2D eigenvalue weighted by Gasteiger charge is 2.41. The van der Waals surface area contributed by atoms with Crippen LogP contribution < -0.4 is 10.2 Å². The monoisotopic (exact) mass is 442 g/mol. The molecular formula is C27H26N2O2S. The van der Waals surface area contributed by atoms with Gasteiger partial charge in [0.25, 0.3) is 11.8 Å². The first-order valence-electron chi connectivity index (χ1n) is 10.7. The van der Waals surface area contributed by atoms with Crippen molar-refractivity contribution in [3.8, 4) is 0 Å². The minimum Gasteiger partial charge on any atom is -0.350 e. The van der Waals surface area contributed by atoms with Crippen molar-refractivity contribution < 1.29 is 9.59 Å². The number of nitrogens with zero attached hydrogens (tertiary/aromatic N) is 1. The van der Waals surface area contributed by atoms with E-state index >= 15 is 0 Å². The number of thioether (sulfide) groups is 1. The van der Waals surface area contributed by atoms with Crippen molar-refractivity contribution in [3.63, 3.8) is 0 Å². The predicted octanol–water partition coefficient (Wildman–Crippen LogP) is 6.16. The van der Waals surface area contributed by atoms with Crippen LogP contribution in [0, 0.1) is 20.8 Å².